The number of nitrogens with one attached hydrogen (secondary N) is 1. The van der Waals surface area contributed by atoms with Crippen LogP contribution in [0.3, 0.4) is 0 Å². The molecule has 142 valence electrons. The van der Waals surface area contributed by atoms with Crippen LogP contribution in [-0.4, -0.2) is 26.4 Å². The van der Waals surface area contributed by atoms with Crippen molar-refractivity contribution < 1.29 is 14.5 Å². The second-order valence-electron chi connectivity index (χ2n) is 6.50. The first-order chi connectivity index (χ1) is 13.5. The minimum atomic E-state index is -0.700. The van der Waals surface area contributed by atoms with Crippen LogP contribution in [0, 0.1) is 10.1 Å². The zero-order chi connectivity index (χ0) is 19.8. The van der Waals surface area contributed by atoms with Gasteiger partial charge in [-0.15, -0.1) is 11.3 Å². The van der Waals surface area contributed by atoms with Gasteiger partial charge in [0.05, 0.1) is 10.5 Å². The van der Waals surface area contributed by atoms with E-state index in [1.807, 2.05) is 6.07 Å². The Morgan fingerprint density at radius 3 is 2.71 bits per heavy atom. The third-order valence-corrected chi connectivity index (χ3v) is 5.84. The Bertz CT molecular complexity index is 1100. The highest BCUT2D eigenvalue weighted by atomic mass is 32.1. The first kappa shape index (κ1) is 18.1. The van der Waals surface area contributed by atoms with Crippen molar-refractivity contribution in [3.8, 4) is 0 Å². The van der Waals surface area contributed by atoms with Crippen LogP contribution in [-0.2, 0) is 19.9 Å². The quantitative estimate of drug-likeness (QED) is 0.404. The number of amides is 1. The molecule has 3 aromatic rings. The molecule has 0 atom stereocenters. The third-order valence-electron chi connectivity index (χ3n) is 4.63. The normalized spacial score (nSPS) is 12.6. The molecule has 2 heterocycles. The molecule has 28 heavy (non-hydrogen) atoms. The fourth-order valence-electron chi connectivity index (χ4n) is 3.40. The van der Waals surface area contributed by atoms with Gasteiger partial charge in [0, 0.05) is 17.5 Å². The zero-order valence-electron chi connectivity index (χ0n) is 15.0. The maximum absolute atomic E-state index is 13.1. The van der Waals surface area contributed by atoms with E-state index in [1.165, 1.54) is 29.3 Å². The van der Waals surface area contributed by atoms with Crippen LogP contribution in [0.5, 0.6) is 0 Å². The average molecular weight is 396 g/mol. The van der Waals surface area contributed by atoms with Gasteiger partial charge in [-0.1, -0.05) is 30.3 Å². The second-order valence-corrected chi connectivity index (χ2v) is 7.61. The summed E-state index contributed by atoms with van der Waals surface area (Å²) in [6.45, 7) is 0. The van der Waals surface area contributed by atoms with Crippen LogP contribution < -0.4 is 5.32 Å². The zero-order valence-corrected chi connectivity index (χ0v) is 15.8. The van der Waals surface area contributed by atoms with Gasteiger partial charge in [-0.2, -0.15) is 5.10 Å². The van der Waals surface area contributed by atoms with Gasteiger partial charge < -0.3 is 5.32 Å². The van der Waals surface area contributed by atoms with E-state index >= 15 is 0 Å². The summed E-state index contributed by atoms with van der Waals surface area (Å²) in [7, 11) is 1.51. The van der Waals surface area contributed by atoms with Gasteiger partial charge in [0.1, 0.15) is 11.2 Å². The van der Waals surface area contributed by atoms with Gasteiger partial charge in [0.25, 0.3) is 5.91 Å². The molecule has 0 radical (unpaired) electrons. The summed E-state index contributed by atoms with van der Waals surface area (Å²) in [6.07, 6.45) is 3.78. The van der Waals surface area contributed by atoms with Crippen molar-refractivity contribution >= 4 is 33.7 Å². The number of carbonyl (C=O) groups is 2. The smallest absolute Gasteiger partial charge is 0.311 e. The van der Waals surface area contributed by atoms with E-state index in [0.29, 0.717) is 16.1 Å². The van der Waals surface area contributed by atoms with Crippen molar-refractivity contribution in [3.05, 3.63) is 73.9 Å². The number of carbonyl (C=O) groups excluding carboxylic acids is 2. The number of hydrogen-bond acceptors (Lipinski definition) is 6. The predicted molar refractivity (Wildman–Crippen MR) is 104 cm³/mol. The number of rotatable bonds is 5. The van der Waals surface area contributed by atoms with Crippen molar-refractivity contribution in [2.75, 3.05) is 5.32 Å². The lowest BCUT2D eigenvalue weighted by Crippen LogP contribution is -2.16. The molecule has 0 bridgehead atoms. The molecule has 9 heteroatoms. The number of aryl methyl sites for hydroxylation is 2. The molecule has 0 saturated carbocycles. The number of hydrogen-bond donors (Lipinski definition) is 1. The number of nitro groups is 1. The van der Waals surface area contributed by atoms with Crippen molar-refractivity contribution in [3.63, 3.8) is 0 Å². The molecule has 4 rings (SSSR count). The number of ketones is 1. The third kappa shape index (κ3) is 3.09. The van der Waals surface area contributed by atoms with Crippen molar-refractivity contribution in [2.24, 2.45) is 7.05 Å². The van der Waals surface area contributed by atoms with E-state index < -0.39 is 10.8 Å². The van der Waals surface area contributed by atoms with E-state index in [2.05, 4.69) is 10.4 Å². The van der Waals surface area contributed by atoms with Gasteiger partial charge in [-0.3, -0.25) is 24.4 Å². The molecule has 1 aliphatic rings. The van der Waals surface area contributed by atoms with Crippen LogP contribution in [0.15, 0.2) is 36.5 Å². The first-order valence-corrected chi connectivity index (χ1v) is 9.51. The Labute approximate surface area is 164 Å². The van der Waals surface area contributed by atoms with Crippen LogP contribution in [0.1, 0.15) is 43.3 Å². The summed E-state index contributed by atoms with van der Waals surface area (Å²) >= 11 is 1.36. The van der Waals surface area contributed by atoms with Crippen molar-refractivity contribution in [2.45, 2.75) is 19.3 Å². The Kier molecular flexibility index (Phi) is 4.52. The SMILES string of the molecule is Cn1cc([N+](=O)[O-])c(C(=O)Nc2sc3c(c2C(=O)c2ccccc2)CCC3)n1. The van der Waals surface area contributed by atoms with Crippen molar-refractivity contribution in [1.29, 1.82) is 0 Å². The monoisotopic (exact) mass is 396 g/mol. The highest BCUT2D eigenvalue weighted by molar-refractivity contribution is 7.17. The maximum atomic E-state index is 13.1. The minimum Gasteiger partial charge on any atom is -0.311 e. The molecule has 0 spiro atoms. The fourth-order valence-corrected chi connectivity index (χ4v) is 4.68. The summed E-state index contributed by atoms with van der Waals surface area (Å²) in [5.41, 5.74) is 1.33. The molecule has 1 aromatic carbocycles. The number of benzene rings is 1. The van der Waals surface area contributed by atoms with Gasteiger partial charge in [0.2, 0.25) is 5.69 Å². The highest BCUT2D eigenvalue weighted by Crippen LogP contribution is 2.40. The fraction of sp³-hybridized carbons (Fsp3) is 0.211. The molecule has 1 aliphatic carbocycles. The molecular weight excluding hydrogens is 380 g/mol. The minimum absolute atomic E-state index is 0.161. The molecule has 0 aliphatic heterocycles. The first-order valence-electron chi connectivity index (χ1n) is 8.69. The largest absolute Gasteiger partial charge is 0.320 e. The Morgan fingerprint density at radius 2 is 2.00 bits per heavy atom. The topological polar surface area (TPSA) is 107 Å². The lowest BCUT2D eigenvalue weighted by atomic mass is 10.0. The summed E-state index contributed by atoms with van der Waals surface area (Å²) in [4.78, 5) is 37.4. The lowest BCUT2D eigenvalue weighted by molar-refractivity contribution is -0.385. The molecule has 0 fully saturated rings. The maximum Gasteiger partial charge on any atom is 0.320 e. The van der Waals surface area contributed by atoms with Gasteiger partial charge >= 0.3 is 5.69 Å². The van der Waals surface area contributed by atoms with Gasteiger partial charge in [-0.05, 0) is 24.8 Å². The standard InChI is InChI=1S/C19H16N4O4S/c1-22-10-13(23(26)27)16(21-22)18(25)20-19-15(12-8-5-9-14(12)28-19)17(24)11-6-3-2-4-7-11/h2-4,6-7,10H,5,8-9H2,1H3,(H,20,25). The van der Waals surface area contributed by atoms with Crippen LogP contribution in [0.4, 0.5) is 10.7 Å². The summed E-state index contributed by atoms with van der Waals surface area (Å²) < 4.78 is 1.22. The Balaban J connectivity index is 1.72. The molecule has 1 N–H and O–H groups in total. The Morgan fingerprint density at radius 1 is 1.25 bits per heavy atom. The van der Waals surface area contributed by atoms with Crippen LogP contribution in [0.25, 0.3) is 0 Å². The second kappa shape index (κ2) is 7.01. The van der Waals surface area contributed by atoms with Crippen LogP contribution >= 0.6 is 11.3 Å². The van der Waals surface area contributed by atoms with E-state index in [-0.39, 0.29) is 17.2 Å². The van der Waals surface area contributed by atoms with Crippen molar-refractivity contribution in [1.82, 2.24) is 9.78 Å². The number of thiophene rings is 1. The molecule has 0 unspecified atom stereocenters. The van der Waals surface area contributed by atoms with E-state index in [9.17, 15) is 19.7 Å². The Hall–Kier alpha value is -3.33. The highest BCUT2D eigenvalue weighted by Gasteiger charge is 2.30. The van der Waals surface area contributed by atoms with E-state index in [1.54, 1.807) is 24.3 Å². The predicted octanol–water partition coefficient (Wildman–Crippen LogP) is 3.36. The summed E-state index contributed by atoms with van der Waals surface area (Å²) in [5, 5.41) is 18.2. The number of fused-ring (bicyclic) bond motifs is 1. The molecule has 2 aromatic heterocycles. The number of aromatic nitrogens is 2. The molecule has 0 saturated heterocycles. The van der Waals surface area contributed by atoms with E-state index in [4.69, 9.17) is 0 Å². The molecule has 8 nitrogen and oxygen atoms in total. The summed E-state index contributed by atoms with van der Waals surface area (Å²) in [5.74, 6) is -0.861. The number of anilines is 1. The van der Waals surface area contributed by atoms with E-state index in [0.717, 1.165) is 29.7 Å². The van der Waals surface area contributed by atoms with Crippen LogP contribution in [0.2, 0.25) is 0 Å². The molecule has 1 amide bonds. The van der Waals surface area contributed by atoms with Gasteiger partial charge in [0.15, 0.2) is 5.78 Å². The molecular formula is C19H16N4O4S. The number of nitrogens with zero attached hydrogens (tertiary/aromatic N) is 3. The van der Waals surface area contributed by atoms with Gasteiger partial charge in [-0.25, -0.2) is 0 Å². The lowest BCUT2D eigenvalue weighted by Gasteiger charge is -2.07. The average Bonchev–Trinajstić information content (AvgIpc) is 3.36. The summed E-state index contributed by atoms with van der Waals surface area (Å²) in [6, 6.07) is 8.87.